The maximum absolute atomic E-state index is 15.5. The average molecular weight is 928 g/mol. The Hall–Kier alpha value is -5.96. The molecule has 12 rings (SSSR count). The number of nitrogens with one attached hydrogen (secondary N) is 2. The van der Waals surface area contributed by atoms with Gasteiger partial charge in [0.1, 0.15) is 30.0 Å². The summed E-state index contributed by atoms with van der Waals surface area (Å²) in [6, 6.07) is 17.3. The molecule has 6 aliphatic rings. The van der Waals surface area contributed by atoms with E-state index in [0.29, 0.717) is 84.8 Å². The van der Waals surface area contributed by atoms with Crippen LogP contribution in [-0.2, 0) is 21.3 Å². The van der Waals surface area contributed by atoms with Crippen LogP contribution in [0.15, 0.2) is 76.3 Å². The molecule has 0 radical (unpaired) electrons. The highest BCUT2D eigenvalue weighted by atomic mass is 31.2. The number of aliphatic hydroxyl groups excluding tert-OH is 1. The van der Waals surface area contributed by atoms with E-state index in [4.69, 9.17) is 14.4 Å². The highest BCUT2D eigenvalue weighted by molar-refractivity contribution is 7.73. The van der Waals surface area contributed by atoms with Crippen LogP contribution in [-0.4, -0.2) is 84.9 Å². The summed E-state index contributed by atoms with van der Waals surface area (Å²) in [6.45, 7) is 7.23. The minimum absolute atomic E-state index is 0.195. The Balaban J connectivity index is 0.939. The lowest BCUT2D eigenvalue weighted by Crippen LogP contribution is -2.43. The number of hydrogen-bond acceptors (Lipinski definition) is 11. The highest BCUT2D eigenvalue weighted by Gasteiger charge is 2.54. The largest absolute Gasteiger partial charge is 0.438 e. The van der Waals surface area contributed by atoms with Gasteiger partial charge in [0, 0.05) is 90.1 Å². The van der Waals surface area contributed by atoms with Crippen molar-refractivity contribution in [2.45, 2.75) is 114 Å². The van der Waals surface area contributed by atoms with Crippen molar-refractivity contribution in [3.63, 3.8) is 0 Å². The SMILES string of the molecule is CNc1cc(N2C=CN(c3c4c(nn3-c3cc(C)c(F)c(C)c3)CCN(C(=O)c3cc5cc(C6CCOCC6)ccc5n3C3(c5noc(=O)[nH]5)CC3)[C@H]4C)C2O)ccc1P(=O)(C1CC1)C1CC1. The molecule has 67 heavy (non-hydrogen) atoms. The zero-order chi connectivity index (χ0) is 46.1. The summed E-state index contributed by atoms with van der Waals surface area (Å²) < 4.78 is 44.4. The monoisotopic (exact) mass is 927 g/mol. The summed E-state index contributed by atoms with van der Waals surface area (Å²) in [7, 11) is -0.734. The zero-order valence-electron chi connectivity index (χ0n) is 38.2. The Morgan fingerprint density at radius 1 is 0.940 bits per heavy atom. The number of halogens is 1. The Bertz CT molecular complexity index is 3090. The molecule has 348 valence electrons. The highest BCUT2D eigenvalue weighted by Crippen LogP contribution is 2.70. The van der Waals surface area contributed by atoms with Gasteiger partial charge in [-0.15, -0.1) is 0 Å². The third-order valence-electron chi connectivity index (χ3n) is 15.4. The second-order valence-corrected chi connectivity index (χ2v) is 22.9. The van der Waals surface area contributed by atoms with Gasteiger partial charge in [-0.05, 0) is 143 Å². The van der Waals surface area contributed by atoms with Crippen LogP contribution in [0.4, 0.5) is 21.6 Å². The first-order valence-electron chi connectivity index (χ1n) is 23.7. The molecule has 3 aromatic carbocycles. The summed E-state index contributed by atoms with van der Waals surface area (Å²) in [5.74, 6) is 0.144. The summed E-state index contributed by atoms with van der Waals surface area (Å²) in [6.07, 6.45) is 9.98. The minimum atomic E-state index is -2.59. The number of anilines is 3. The van der Waals surface area contributed by atoms with E-state index in [2.05, 4.69) is 33.7 Å². The fraction of sp³-hybridized carbons (Fsp3) is 0.440. The smallest absolute Gasteiger partial charge is 0.387 e. The molecule has 0 spiro atoms. The molecule has 3 aromatic heterocycles. The van der Waals surface area contributed by atoms with E-state index in [1.165, 1.54) is 5.56 Å². The number of carbonyl (C=O) groups is 1. The van der Waals surface area contributed by atoms with Gasteiger partial charge in [0.15, 0.2) is 5.82 Å². The van der Waals surface area contributed by atoms with Gasteiger partial charge in [0.25, 0.3) is 5.91 Å². The molecule has 1 saturated heterocycles. The third kappa shape index (κ3) is 6.68. The number of benzene rings is 3. The molecule has 3 saturated carbocycles. The van der Waals surface area contributed by atoms with Gasteiger partial charge < -0.3 is 34.1 Å². The van der Waals surface area contributed by atoms with Crippen LogP contribution in [0.3, 0.4) is 0 Å². The number of aromatic amines is 1. The number of ether oxygens (including phenoxy) is 1. The Labute approximate surface area is 386 Å². The van der Waals surface area contributed by atoms with Crippen molar-refractivity contribution in [2.75, 3.05) is 41.9 Å². The third-order valence-corrected chi connectivity index (χ3v) is 19.7. The van der Waals surface area contributed by atoms with Crippen molar-refractivity contribution in [3.8, 4) is 5.69 Å². The van der Waals surface area contributed by atoms with Crippen molar-refractivity contribution in [3.05, 3.63) is 123 Å². The molecule has 6 heterocycles. The van der Waals surface area contributed by atoms with E-state index in [9.17, 15) is 14.5 Å². The van der Waals surface area contributed by atoms with Gasteiger partial charge in [-0.25, -0.2) is 13.9 Å². The topological polar surface area (TPSA) is 167 Å². The number of amides is 1. The molecule has 0 bridgehead atoms. The number of rotatable bonds is 11. The molecule has 1 amide bonds. The van der Waals surface area contributed by atoms with Crippen LogP contribution in [0, 0.1) is 19.7 Å². The number of carbonyl (C=O) groups excluding carboxylic acids is 1. The van der Waals surface area contributed by atoms with Crippen molar-refractivity contribution >= 4 is 46.4 Å². The number of aromatic nitrogens is 5. The lowest BCUT2D eigenvalue weighted by molar-refractivity contribution is 0.0664. The molecule has 17 heteroatoms. The fourth-order valence-electron chi connectivity index (χ4n) is 11.4. The lowest BCUT2D eigenvalue weighted by Gasteiger charge is -2.36. The molecule has 15 nitrogen and oxygen atoms in total. The number of fused-ring (bicyclic) bond motifs is 2. The van der Waals surface area contributed by atoms with Gasteiger partial charge in [-0.2, -0.15) is 5.10 Å². The lowest BCUT2D eigenvalue weighted by atomic mass is 9.91. The standard InChI is InChI=1S/C50H55FN9O6P/c1-28-23-35(24-29(2)44(28)51)60-45(58-20-19-57(49(58)63)34-6-12-42(39(27-34)52-4)67(64,36-7-8-36)37-9-10-37)43-30(3)56(18-13-38(43)54-60)46(61)41-26-33-25-32(31-14-21-65-22-15-31)5-11-40(33)59(41)50(16-17-50)47-53-48(62)66-55-47/h5-6,11-12,19-20,23-27,30-31,36-37,49,52,63H,7-10,13-18,21-22H2,1-4H3,(H,53,55,62)/t30-,49?/m0/s1. The van der Waals surface area contributed by atoms with E-state index in [-0.39, 0.29) is 23.0 Å². The number of H-pyrrole nitrogens is 1. The molecular weight excluding hydrogens is 873 g/mol. The second-order valence-electron chi connectivity index (χ2n) is 19.5. The predicted molar refractivity (Wildman–Crippen MR) is 254 cm³/mol. The van der Waals surface area contributed by atoms with E-state index in [1.54, 1.807) is 40.5 Å². The normalized spacial score (nSPS) is 21.7. The van der Waals surface area contributed by atoms with E-state index >= 15 is 9.18 Å². The quantitative estimate of drug-likeness (QED) is 0.108. The van der Waals surface area contributed by atoms with Crippen molar-refractivity contribution in [2.24, 2.45) is 0 Å². The fourth-order valence-corrected chi connectivity index (χ4v) is 15.5. The summed E-state index contributed by atoms with van der Waals surface area (Å²) in [5.41, 5.74) is 6.85. The van der Waals surface area contributed by atoms with Gasteiger partial charge in [0.05, 0.1) is 17.4 Å². The molecule has 3 aliphatic carbocycles. The summed E-state index contributed by atoms with van der Waals surface area (Å²) in [4.78, 5) is 36.0. The zero-order valence-corrected chi connectivity index (χ0v) is 39.1. The number of aliphatic hydroxyl groups is 1. The van der Waals surface area contributed by atoms with Crippen LogP contribution < -0.4 is 26.2 Å². The van der Waals surface area contributed by atoms with E-state index < -0.39 is 30.8 Å². The van der Waals surface area contributed by atoms with Gasteiger partial charge in [0.2, 0.25) is 6.35 Å². The van der Waals surface area contributed by atoms with Gasteiger partial charge >= 0.3 is 5.76 Å². The Kier molecular flexibility index (Phi) is 9.84. The molecule has 1 unspecified atom stereocenters. The Morgan fingerprint density at radius 3 is 2.31 bits per heavy atom. The van der Waals surface area contributed by atoms with Crippen LogP contribution in [0.1, 0.15) is 115 Å². The van der Waals surface area contributed by atoms with Gasteiger partial charge in [-0.1, -0.05) is 11.2 Å². The van der Waals surface area contributed by atoms with E-state index in [0.717, 1.165) is 71.7 Å². The molecule has 3 N–H and O–H groups in total. The maximum Gasteiger partial charge on any atom is 0.438 e. The number of aryl methyl sites for hydroxylation is 2. The van der Waals surface area contributed by atoms with Crippen LogP contribution in [0.2, 0.25) is 0 Å². The molecule has 4 fully saturated rings. The van der Waals surface area contributed by atoms with Crippen molar-refractivity contribution in [1.82, 2.24) is 29.4 Å². The Morgan fingerprint density at radius 2 is 1.66 bits per heavy atom. The minimum Gasteiger partial charge on any atom is -0.387 e. The average Bonchev–Trinajstić information content (AvgIpc) is 4.31. The van der Waals surface area contributed by atoms with Crippen molar-refractivity contribution < 1.29 is 28.1 Å². The van der Waals surface area contributed by atoms with Crippen LogP contribution in [0.25, 0.3) is 16.6 Å². The number of nitrogens with zero attached hydrogens (tertiary/aromatic N) is 7. The second kappa shape index (κ2) is 15.5. The first kappa shape index (κ1) is 42.4. The van der Waals surface area contributed by atoms with Crippen molar-refractivity contribution in [1.29, 1.82) is 0 Å². The molecule has 3 aliphatic heterocycles. The summed E-state index contributed by atoms with van der Waals surface area (Å²) >= 11 is 0. The summed E-state index contributed by atoms with van der Waals surface area (Å²) in [5, 5.41) is 26.9. The van der Waals surface area contributed by atoms with E-state index in [1.807, 2.05) is 60.1 Å². The first-order valence-corrected chi connectivity index (χ1v) is 25.6. The first-order chi connectivity index (χ1) is 32.4. The molecular formula is C50H55FN9O6P. The van der Waals surface area contributed by atoms with Gasteiger partial charge in [-0.3, -0.25) is 19.2 Å². The number of hydrogen-bond donors (Lipinski definition) is 3. The molecule has 6 aromatic rings. The predicted octanol–water partition coefficient (Wildman–Crippen LogP) is 7.88. The van der Waals surface area contributed by atoms with Crippen LogP contribution in [0.5, 0.6) is 0 Å². The maximum atomic E-state index is 15.5. The van der Waals surface area contributed by atoms with Crippen LogP contribution >= 0.6 is 7.14 Å². The molecule has 2 atom stereocenters.